The molecule has 0 aliphatic carbocycles. The zero-order valence-electron chi connectivity index (χ0n) is 12.9. The molecule has 0 bridgehead atoms. The first-order chi connectivity index (χ1) is 9.61. The maximum Gasteiger partial charge on any atom is 0.407 e. The number of amides is 2. The number of carbonyl (C=O) groups excluding carboxylic acids is 2. The van der Waals surface area contributed by atoms with Gasteiger partial charge in [-0.15, -0.1) is 0 Å². The molecule has 0 saturated heterocycles. The molecular weight excluding hydrogens is 296 g/mol. The van der Waals surface area contributed by atoms with Crippen molar-refractivity contribution in [3.63, 3.8) is 0 Å². The van der Waals surface area contributed by atoms with Gasteiger partial charge in [-0.3, -0.25) is 9.48 Å². The monoisotopic (exact) mass is 316 g/mol. The lowest BCUT2D eigenvalue weighted by Crippen LogP contribution is -2.38. The van der Waals surface area contributed by atoms with Crippen molar-refractivity contribution in [3.05, 3.63) is 16.4 Å². The van der Waals surface area contributed by atoms with Crippen molar-refractivity contribution in [2.45, 2.75) is 33.3 Å². The van der Waals surface area contributed by atoms with Crippen LogP contribution in [0.1, 0.15) is 36.8 Å². The van der Waals surface area contributed by atoms with Gasteiger partial charge in [0.2, 0.25) is 0 Å². The molecule has 0 spiro atoms. The van der Waals surface area contributed by atoms with Crippen molar-refractivity contribution in [3.8, 4) is 0 Å². The number of aryl methyl sites for hydroxylation is 2. The van der Waals surface area contributed by atoms with Crippen LogP contribution in [-0.4, -0.2) is 40.5 Å². The summed E-state index contributed by atoms with van der Waals surface area (Å²) in [4.78, 5) is 23.4. The summed E-state index contributed by atoms with van der Waals surface area (Å²) in [5.41, 5.74) is 0.352. The maximum absolute atomic E-state index is 12.0. The molecule has 1 rings (SSSR count). The molecule has 118 valence electrons. The summed E-state index contributed by atoms with van der Waals surface area (Å²) in [6.07, 6.45) is -0.521. The second-order valence-electron chi connectivity index (χ2n) is 5.56. The van der Waals surface area contributed by atoms with Gasteiger partial charge in [0.25, 0.3) is 5.91 Å². The lowest BCUT2D eigenvalue weighted by Gasteiger charge is -2.19. The van der Waals surface area contributed by atoms with Crippen LogP contribution in [0.5, 0.6) is 0 Å². The van der Waals surface area contributed by atoms with Crippen molar-refractivity contribution < 1.29 is 14.3 Å². The molecule has 2 N–H and O–H groups in total. The molecule has 8 heteroatoms. The van der Waals surface area contributed by atoms with Gasteiger partial charge in [-0.25, -0.2) is 4.79 Å². The van der Waals surface area contributed by atoms with Crippen molar-refractivity contribution in [2.24, 2.45) is 7.05 Å². The predicted octanol–water partition coefficient (Wildman–Crippen LogP) is 1.64. The lowest BCUT2D eigenvalue weighted by atomic mass is 10.2. The summed E-state index contributed by atoms with van der Waals surface area (Å²) in [6.45, 7) is 7.57. The molecule has 21 heavy (non-hydrogen) atoms. The molecule has 0 aromatic carbocycles. The van der Waals surface area contributed by atoms with Crippen LogP contribution in [0.4, 0.5) is 4.79 Å². The second-order valence-corrected chi connectivity index (χ2v) is 5.92. The third-order valence-corrected chi connectivity index (χ3v) is 2.89. The fourth-order valence-corrected chi connectivity index (χ4v) is 1.89. The van der Waals surface area contributed by atoms with Crippen LogP contribution in [0.15, 0.2) is 0 Å². The Labute approximate surface area is 129 Å². The van der Waals surface area contributed by atoms with E-state index in [9.17, 15) is 9.59 Å². The fourth-order valence-electron chi connectivity index (χ4n) is 1.63. The van der Waals surface area contributed by atoms with Crippen LogP contribution in [0.2, 0.25) is 5.15 Å². The van der Waals surface area contributed by atoms with E-state index >= 15 is 0 Å². The number of rotatable bonds is 4. The highest BCUT2D eigenvalue weighted by atomic mass is 35.5. The van der Waals surface area contributed by atoms with E-state index in [-0.39, 0.29) is 24.1 Å². The third kappa shape index (κ3) is 5.26. The van der Waals surface area contributed by atoms with Gasteiger partial charge in [-0.1, -0.05) is 11.6 Å². The van der Waals surface area contributed by atoms with E-state index in [1.54, 1.807) is 34.7 Å². The molecule has 0 aliphatic rings. The Morgan fingerprint density at radius 3 is 2.33 bits per heavy atom. The zero-order valence-corrected chi connectivity index (χ0v) is 13.7. The number of hydrogen-bond donors (Lipinski definition) is 2. The molecule has 0 atom stereocenters. The van der Waals surface area contributed by atoms with Gasteiger partial charge >= 0.3 is 6.09 Å². The van der Waals surface area contributed by atoms with Gasteiger partial charge in [0.05, 0.1) is 11.3 Å². The highest BCUT2D eigenvalue weighted by Crippen LogP contribution is 2.17. The first kappa shape index (κ1) is 17.3. The van der Waals surface area contributed by atoms with Gasteiger partial charge in [0.15, 0.2) is 0 Å². The lowest BCUT2D eigenvalue weighted by molar-refractivity contribution is 0.0526. The Bertz CT molecular complexity index is 534. The van der Waals surface area contributed by atoms with Crippen LogP contribution < -0.4 is 10.6 Å². The van der Waals surface area contributed by atoms with Gasteiger partial charge < -0.3 is 15.4 Å². The van der Waals surface area contributed by atoms with E-state index in [1.807, 2.05) is 0 Å². The number of aromatic nitrogens is 2. The zero-order chi connectivity index (χ0) is 16.2. The molecule has 0 radical (unpaired) electrons. The molecule has 2 amide bonds. The summed E-state index contributed by atoms with van der Waals surface area (Å²) < 4.78 is 6.51. The minimum absolute atomic E-state index is 0.261. The number of halogens is 1. The number of alkyl carbamates (subject to hydrolysis) is 1. The van der Waals surface area contributed by atoms with Crippen molar-refractivity contribution in [1.82, 2.24) is 20.4 Å². The summed E-state index contributed by atoms with van der Waals surface area (Å²) in [6, 6.07) is 0. The summed E-state index contributed by atoms with van der Waals surface area (Å²) in [7, 11) is 1.66. The summed E-state index contributed by atoms with van der Waals surface area (Å²) >= 11 is 5.99. The number of carbonyl (C=O) groups is 2. The van der Waals surface area contributed by atoms with E-state index in [0.29, 0.717) is 11.3 Å². The van der Waals surface area contributed by atoms with E-state index in [1.165, 1.54) is 4.68 Å². The molecule has 0 aliphatic heterocycles. The number of ether oxygens (including phenoxy) is 1. The van der Waals surface area contributed by atoms with Crippen molar-refractivity contribution >= 4 is 23.6 Å². The highest BCUT2D eigenvalue weighted by Gasteiger charge is 2.19. The second kappa shape index (κ2) is 6.80. The molecule has 1 heterocycles. The van der Waals surface area contributed by atoms with E-state index in [2.05, 4.69) is 15.7 Å². The van der Waals surface area contributed by atoms with Crippen molar-refractivity contribution in [2.75, 3.05) is 13.1 Å². The van der Waals surface area contributed by atoms with Crippen LogP contribution in [0.3, 0.4) is 0 Å². The predicted molar refractivity (Wildman–Crippen MR) is 79.5 cm³/mol. The van der Waals surface area contributed by atoms with E-state index in [4.69, 9.17) is 16.3 Å². The standard InChI is InChI=1S/C13H21ClN4O3/c1-8-9(10(14)18(5)17-8)11(19)15-6-7-16-12(20)21-13(2,3)4/h6-7H2,1-5H3,(H,15,19)(H,16,20). The maximum atomic E-state index is 12.0. The molecular formula is C13H21ClN4O3. The average molecular weight is 317 g/mol. The Morgan fingerprint density at radius 2 is 1.86 bits per heavy atom. The quantitative estimate of drug-likeness (QED) is 0.827. The largest absolute Gasteiger partial charge is 0.444 e. The van der Waals surface area contributed by atoms with Gasteiger partial charge in [-0.2, -0.15) is 5.10 Å². The van der Waals surface area contributed by atoms with Gasteiger partial charge in [0.1, 0.15) is 10.8 Å². The molecule has 7 nitrogen and oxygen atoms in total. The Morgan fingerprint density at radius 1 is 1.29 bits per heavy atom. The number of hydrogen-bond acceptors (Lipinski definition) is 4. The minimum atomic E-state index is -0.548. The number of nitrogens with zero attached hydrogens (tertiary/aromatic N) is 2. The van der Waals surface area contributed by atoms with Crippen LogP contribution in [0, 0.1) is 6.92 Å². The first-order valence-electron chi connectivity index (χ1n) is 6.56. The Balaban J connectivity index is 2.40. The summed E-state index contributed by atoms with van der Waals surface area (Å²) in [5.74, 6) is -0.323. The molecule has 0 unspecified atom stereocenters. The van der Waals surface area contributed by atoms with E-state index in [0.717, 1.165) is 0 Å². The van der Waals surface area contributed by atoms with Crippen LogP contribution >= 0.6 is 11.6 Å². The smallest absolute Gasteiger partial charge is 0.407 e. The highest BCUT2D eigenvalue weighted by molar-refractivity contribution is 6.33. The first-order valence-corrected chi connectivity index (χ1v) is 6.93. The normalized spacial score (nSPS) is 11.1. The third-order valence-electron chi connectivity index (χ3n) is 2.46. The molecule has 1 aromatic heterocycles. The Hall–Kier alpha value is -1.76. The SMILES string of the molecule is Cc1nn(C)c(Cl)c1C(=O)NCCNC(=O)OC(C)(C)C. The van der Waals surface area contributed by atoms with Gasteiger partial charge in [0, 0.05) is 20.1 Å². The summed E-state index contributed by atoms with van der Waals surface area (Å²) in [5, 5.41) is 9.56. The van der Waals surface area contributed by atoms with Crippen LogP contribution in [-0.2, 0) is 11.8 Å². The number of nitrogens with one attached hydrogen (secondary N) is 2. The van der Waals surface area contributed by atoms with Gasteiger partial charge in [-0.05, 0) is 27.7 Å². The average Bonchev–Trinajstić information content (AvgIpc) is 2.56. The molecule has 1 aromatic rings. The molecule has 0 fully saturated rings. The van der Waals surface area contributed by atoms with Crippen LogP contribution in [0.25, 0.3) is 0 Å². The topological polar surface area (TPSA) is 85.3 Å². The van der Waals surface area contributed by atoms with E-state index < -0.39 is 11.7 Å². The molecule has 0 saturated carbocycles. The minimum Gasteiger partial charge on any atom is -0.444 e. The Kier molecular flexibility index (Phi) is 5.60. The van der Waals surface area contributed by atoms with Crippen molar-refractivity contribution in [1.29, 1.82) is 0 Å². The fraction of sp³-hybridized carbons (Fsp3) is 0.615.